The number of hydrogen-bond acceptors (Lipinski definition) is 12. The number of aromatic nitrogens is 2. The molecule has 1 aromatic carbocycles. The number of ketones is 1. The van der Waals surface area contributed by atoms with E-state index < -0.39 is 5.92 Å². The molecule has 4 rings (SSSR count). The van der Waals surface area contributed by atoms with Gasteiger partial charge in [-0.15, -0.1) is 10.2 Å². The van der Waals surface area contributed by atoms with Gasteiger partial charge in [0.25, 0.3) is 0 Å². The fourth-order valence-electron chi connectivity index (χ4n) is 4.77. The number of ether oxygens (including phenoxy) is 3. The number of thioether (sulfide) groups is 1. The van der Waals surface area contributed by atoms with E-state index in [2.05, 4.69) is 16.3 Å². The lowest BCUT2D eigenvalue weighted by molar-refractivity contribution is -0.139. The number of benzene rings is 1. The molecule has 2 heterocycles. The van der Waals surface area contributed by atoms with E-state index in [9.17, 15) is 14.9 Å². The molecular formula is C26H29N5O5S2. The molecule has 1 aromatic heterocycles. The molecule has 2 N–H and O–H groups in total. The van der Waals surface area contributed by atoms with Crippen LogP contribution < -0.4 is 20.1 Å². The van der Waals surface area contributed by atoms with Crippen molar-refractivity contribution in [1.29, 1.82) is 5.26 Å². The molecule has 10 nitrogen and oxygen atoms in total. The highest BCUT2D eigenvalue weighted by Gasteiger charge is 2.45. The highest BCUT2D eigenvalue weighted by atomic mass is 32.2. The molecule has 0 amide bonds. The number of nitrogens with two attached hydrogens (primary N) is 1. The van der Waals surface area contributed by atoms with Gasteiger partial charge in [0.2, 0.25) is 5.13 Å². The number of nitriles is 1. The Balaban J connectivity index is 1.83. The summed E-state index contributed by atoms with van der Waals surface area (Å²) in [4.78, 5) is 27.2. The van der Waals surface area contributed by atoms with Crippen LogP contribution in [0.2, 0.25) is 0 Å². The molecule has 0 bridgehead atoms. The Morgan fingerprint density at radius 2 is 2.00 bits per heavy atom. The van der Waals surface area contributed by atoms with Crippen LogP contribution in [-0.4, -0.2) is 48.5 Å². The normalized spacial score (nSPS) is 18.7. The van der Waals surface area contributed by atoms with E-state index in [1.54, 1.807) is 31.1 Å². The number of Topliss-reactive ketones (excluding diaryl/α,β-unsaturated/α-hetero) is 1. The third-order valence-corrected chi connectivity index (χ3v) is 8.34. The summed E-state index contributed by atoms with van der Waals surface area (Å²) in [6, 6.07) is 7.59. The van der Waals surface area contributed by atoms with Crippen molar-refractivity contribution in [3.63, 3.8) is 0 Å². The van der Waals surface area contributed by atoms with E-state index in [1.807, 2.05) is 19.9 Å². The Labute approximate surface area is 229 Å². The number of esters is 1. The standard InChI is InChI=1S/C26H29N5O5S2/c1-6-36-20(33)13-37-25-30-29-24(38-25)31-16-10-26(2,3)11-17(32)22(16)21(15(12-27)23(31)28)14-7-8-18(34-4)19(9-14)35-5/h7-9,21H,6,10-11,13,28H2,1-5H3. The fourth-order valence-corrected chi connectivity index (χ4v) is 6.45. The van der Waals surface area contributed by atoms with Crippen LogP contribution in [-0.2, 0) is 14.3 Å². The average Bonchev–Trinajstić information content (AvgIpc) is 3.34. The summed E-state index contributed by atoms with van der Waals surface area (Å²) in [7, 11) is 3.08. The molecule has 2 aliphatic rings. The monoisotopic (exact) mass is 555 g/mol. The zero-order valence-corrected chi connectivity index (χ0v) is 23.5. The van der Waals surface area contributed by atoms with Crippen molar-refractivity contribution in [2.24, 2.45) is 11.1 Å². The molecular weight excluding hydrogens is 526 g/mol. The van der Waals surface area contributed by atoms with Gasteiger partial charge in [-0.2, -0.15) is 5.26 Å². The second kappa shape index (κ2) is 11.0. The van der Waals surface area contributed by atoms with E-state index in [1.165, 1.54) is 30.2 Å². The summed E-state index contributed by atoms with van der Waals surface area (Å²) in [6.07, 6.45) is 0.876. The molecule has 0 saturated heterocycles. The first-order valence-corrected chi connectivity index (χ1v) is 13.7. The maximum absolute atomic E-state index is 13.7. The minimum Gasteiger partial charge on any atom is -0.493 e. The predicted octanol–water partition coefficient (Wildman–Crippen LogP) is 4.15. The number of nitrogens with zero attached hydrogens (tertiary/aromatic N) is 4. The number of carbonyl (C=O) groups excluding carboxylic acids is 2. The lowest BCUT2D eigenvalue weighted by atomic mass is 9.68. The Kier molecular flexibility index (Phi) is 7.99. The number of methoxy groups -OCH3 is 2. The lowest BCUT2D eigenvalue weighted by Gasteiger charge is -2.42. The van der Waals surface area contributed by atoms with Crippen molar-refractivity contribution < 1.29 is 23.8 Å². The van der Waals surface area contributed by atoms with Crippen LogP contribution in [0.4, 0.5) is 5.13 Å². The number of carbonyl (C=O) groups is 2. The second-order valence-electron chi connectivity index (χ2n) is 9.54. The molecule has 38 heavy (non-hydrogen) atoms. The summed E-state index contributed by atoms with van der Waals surface area (Å²) >= 11 is 2.44. The van der Waals surface area contributed by atoms with Gasteiger partial charge in [-0.05, 0) is 36.5 Å². The third kappa shape index (κ3) is 5.21. The molecule has 12 heteroatoms. The largest absolute Gasteiger partial charge is 0.493 e. The zero-order valence-electron chi connectivity index (χ0n) is 21.9. The number of hydrogen-bond donors (Lipinski definition) is 1. The molecule has 2 aromatic rings. The van der Waals surface area contributed by atoms with Crippen LogP contribution in [0.5, 0.6) is 11.5 Å². The smallest absolute Gasteiger partial charge is 0.316 e. The Morgan fingerprint density at radius 1 is 1.26 bits per heavy atom. The van der Waals surface area contributed by atoms with Crippen molar-refractivity contribution in [2.45, 2.75) is 43.9 Å². The van der Waals surface area contributed by atoms with Gasteiger partial charge in [0.1, 0.15) is 5.82 Å². The van der Waals surface area contributed by atoms with Crippen LogP contribution in [0.3, 0.4) is 0 Å². The molecule has 0 spiro atoms. The van der Waals surface area contributed by atoms with Crippen molar-refractivity contribution in [2.75, 3.05) is 31.5 Å². The van der Waals surface area contributed by atoms with Gasteiger partial charge in [0.05, 0.1) is 44.1 Å². The maximum atomic E-state index is 13.7. The van der Waals surface area contributed by atoms with E-state index in [-0.39, 0.29) is 34.3 Å². The lowest BCUT2D eigenvalue weighted by Crippen LogP contribution is -2.42. The van der Waals surface area contributed by atoms with Gasteiger partial charge in [0.15, 0.2) is 21.6 Å². The van der Waals surface area contributed by atoms with Gasteiger partial charge in [-0.25, -0.2) is 0 Å². The van der Waals surface area contributed by atoms with Crippen molar-refractivity contribution >= 4 is 40.0 Å². The molecule has 1 aliphatic heterocycles. The summed E-state index contributed by atoms with van der Waals surface area (Å²) in [5, 5.41) is 19.2. The summed E-state index contributed by atoms with van der Waals surface area (Å²) in [6.45, 7) is 6.10. The van der Waals surface area contributed by atoms with Gasteiger partial charge in [0, 0.05) is 17.7 Å². The average molecular weight is 556 g/mol. The van der Waals surface area contributed by atoms with Crippen LogP contribution in [0, 0.1) is 16.7 Å². The molecule has 1 atom stereocenters. The van der Waals surface area contributed by atoms with Crippen LogP contribution in [0.25, 0.3) is 0 Å². The van der Waals surface area contributed by atoms with Crippen molar-refractivity contribution in [3.8, 4) is 17.6 Å². The van der Waals surface area contributed by atoms with E-state index in [0.29, 0.717) is 57.3 Å². The second-order valence-corrected chi connectivity index (χ2v) is 11.7. The SMILES string of the molecule is CCOC(=O)CSc1nnc(N2C(N)=C(C#N)C(c3ccc(OC)c(OC)c3)C3=C2CC(C)(C)CC3=O)s1. The minimum atomic E-state index is -0.666. The van der Waals surface area contributed by atoms with Gasteiger partial charge in [-0.1, -0.05) is 43.0 Å². The topological polar surface area (TPSA) is 141 Å². The zero-order chi connectivity index (χ0) is 27.6. The van der Waals surface area contributed by atoms with E-state index >= 15 is 0 Å². The van der Waals surface area contributed by atoms with Gasteiger partial charge < -0.3 is 19.9 Å². The van der Waals surface area contributed by atoms with Gasteiger partial charge >= 0.3 is 5.97 Å². The van der Waals surface area contributed by atoms with E-state index in [0.717, 1.165) is 0 Å². The van der Waals surface area contributed by atoms with Crippen molar-refractivity contribution in [3.05, 3.63) is 46.4 Å². The number of allylic oxidation sites excluding steroid dienone is 3. The molecule has 200 valence electrons. The maximum Gasteiger partial charge on any atom is 0.316 e. The molecule has 0 radical (unpaired) electrons. The van der Waals surface area contributed by atoms with Crippen LogP contribution in [0.15, 0.2) is 45.2 Å². The molecule has 1 unspecified atom stereocenters. The molecule has 0 saturated carbocycles. The number of anilines is 1. The summed E-state index contributed by atoms with van der Waals surface area (Å²) < 4.78 is 16.4. The van der Waals surface area contributed by atoms with Crippen LogP contribution >= 0.6 is 23.1 Å². The predicted molar refractivity (Wildman–Crippen MR) is 144 cm³/mol. The van der Waals surface area contributed by atoms with Crippen molar-refractivity contribution in [1.82, 2.24) is 10.2 Å². The first kappa shape index (κ1) is 27.5. The Morgan fingerprint density at radius 3 is 2.66 bits per heavy atom. The summed E-state index contributed by atoms with van der Waals surface area (Å²) in [5.41, 5.74) is 8.49. The Hall–Kier alpha value is -3.56. The summed E-state index contributed by atoms with van der Waals surface area (Å²) in [5.74, 6) is 0.244. The first-order valence-electron chi connectivity index (χ1n) is 11.9. The highest BCUT2D eigenvalue weighted by Crippen LogP contribution is 2.51. The minimum absolute atomic E-state index is 0.0530. The molecule has 0 fully saturated rings. The van der Waals surface area contributed by atoms with Crippen LogP contribution in [0.1, 0.15) is 45.1 Å². The quantitative estimate of drug-likeness (QED) is 0.371. The highest BCUT2D eigenvalue weighted by molar-refractivity contribution is 8.01. The number of rotatable bonds is 8. The Bertz CT molecular complexity index is 1370. The fraction of sp³-hybridized carbons (Fsp3) is 0.423. The van der Waals surface area contributed by atoms with E-state index in [4.69, 9.17) is 19.9 Å². The molecule has 1 aliphatic carbocycles. The third-order valence-electron chi connectivity index (χ3n) is 6.33. The first-order chi connectivity index (χ1) is 18.1. The van der Waals surface area contributed by atoms with Gasteiger partial charge in [-0.3, -0.25) is 14.5 Å².